The zero-order valence-electron chi connectivity index (χ0n) is 25.5. The Morgan fingerprint density at radius 1 is 1.04 bits per heavy atom. The monoisotopic (exact) mass is 674 g/mol. The number of likely N-dealkylation sites (tertiary alicyclic amines) is 1. The van der Waals surface area contributed by atoms with E-state index in [1.54, 1.807) is 0 Å². The lowest BCUT2D eigenvalue weighted by atomic mass is 9.92. The highest BCUT2D eigenvalue weighted by Gasteiger charge is 2.46. The Balaban J connectivity index is 1.92. The molecule has 0 bridgehead atoms. The first-order valence-corrected chi connectivity index (χ1v) is 15.8. The summed E-state index contributed by atoms with van der Waals surface area (Å²) in [7, 11) is -1.70. The molecule has 16 heteroatoms. The van der Waals surface area contributed by atoms with Crippen LogP contribution in [-0.2, 0) is 24.2 Å². The van der Waals surface area contributed by atoms with E-state index < -0.39 is 63.4 Å². The van der Waals surface area contributed by atoms with Gasteiger partial charge in [0.1, 0.15) is 11.9 Å². The van der Waals surface area contributed by atoms with Gasteiger partial charge >= 0.3 is 12.1 Å². The first-order chi connectivity index (χ1) is 22.2. The molecule has 3 aromatic rings. The molecule has 47 heavy (non-hydrogen) atoms. The van der Waals surface area contributed by atoms with E-state index in [0.29, 0.717) is 0 Å². The highest BCUT2D eigenvalue weighted by atomic mass is 32.2. The predicted molar refractivity (Wildman–Crippen MR) is 165 cm³/mol. The zero-order chi connectivity index (χ0) is 34.6. The minimum Gasteiger partial charge on any atom is -0.494 e. The molecule has 250 valence electrons. The first kappa shape index (κ1) is 34.6. The summed E-state index contributed by atoms with van der Waals surface area (Å²) < 4.78 is 65.7. The maximum atomic E-state index is 15.1. The van der Waals surface area contributed by atoms with Crippen LogP contribution in [0.5, 0.6) is 5.75 Å². The Bertz CT molecular complexity index is 1840. The van der Waals surface area contributed by atoms with E-state index in [1.165, 1.54) is 44.4 Å². The smallest absolute Gasteiger partial charge is 0.411 e. The minimum absolute atomic E-state index is 0.0635. The Morgan fingerprint density at radius 2 is 1.74 bits per heavy atom. The number of benzene rings is 3. The lowest BCUT2D eigenvalue weighted by Crippen LogP contribution is -2.40. The van der Waals surface area contributed by atoms with Crippen LogP contribution >= 0.6 is 0 Å². The van der Waals surface area contributed by atoms with E-state index in [9.17, 15) is 37.1 Å². The van der Waals surface area contributed by atoms with Crippen LogP contribution in [0.2, 0.25) is 0 Å². The molecular weight excluding hydrogens is 642 g/mol. The summed E-state index contributed by atoms with van der Waals surface area (Å²) in [5.41, 5.74) is 4.99. The van der Waals surface area contributed by atoms with Gasteiger partial charge in [0.25, 0.3) is 0 Å². The fourth-order valence-corrected chi connectivity index (χ4v) is 6.53. The molecule has 0 spiro atoms. The van der Waals surface area contributed by atoms with E-state index in [4.69, 9.17) is 10.5 Å². The second-order valence-corrected chi connectivity index (χ2v) is 12.8. The summed E-state index contributed by atoms with van der Waals surface area (Å²) in [6, 6.07) is 7.42. The summed E-state index contributed by atoms with van der Waals surface area (Å²) in [6.07, 6.45) is -0.984. The van der Waals surface area contributed by atoms with E-state index in [1.807, 2.05) is 0 Å². The number of carboxylic acid groups (broad SMARTS) is 1. The molecular formula is C31H32F2N4O9S. The van der Waals surface area contributed by atoms with Gasteiger partial charge < -0.3 is 30.5 Å². The van der Waals surface area contributed by atoms with Crippen molar-refractivity contribution in [3.8, 4) is 5.75 Å². The molecule has 1 unspecified atom stereocenters. The van der Waals surface area contributed by atoms with Gasteiger partial charge in [-0.25, -0.2) is 22.0 Å². The highest BCUT2D eigenvalue weighted by Crippen LogP contribution is 2.43. The molecule has 1 saturated heterocycles. The third-order valence-electron chi connectivity index (χ3n) is 7.78. The van der Waals surface area contributed by atoms with Gasteiger partial charge in [-0.15, -0.1) is 0 Å². The molecule has 1 aliphatic rings. The van der Waals surface area contributed by atoms with Crippen molar-refractivity contribution in [3.63, 3.8) is 0 Å². The number of ether oxygens (including phenoxy) is 2. The van der Waals surface area contributed by atoms with E-state index in [2.05, 4.69) is 15.4 Å². The van der Waals surface area contributed by atoms with E-state index >= 15 is 4.39 Å². The van der Waals surface area contributed by atoms with Crippen molar-refractivity contribution in [1.29, 1.82) is 0 Å². The van der Waals surface area contributed by atoms with Crippen LogP contribution in [0.4, 0.5) is 25.0 Å². The standard InChI is InChI=1S/C31H32F2N4O9S/c1-4-47(43,44)25-10-7-18(35-31(42)46-3)15-20(25)27-19(30(40)41)11-12-37(27)29(39)26(16-5-9-22(33)24(14-16)45-2)36-23-13-17(28(34)38)6-8-21(23)32/h5-10,13-15,19,26-27,36H,4,11-12H2,1-3H3,(H2,34,38)(H,35,42)(H,40,41)/t19-,26?,27-/m1/s1. The van der Waals surface area contributed by atoms with Crippen LogP contribution < -0.4 is 21.1 Å². The predicted octanol–water partition coefficient (Wildman–Crippen LogP) is 3.87. The second kappa shape index (κ2) is 14.0. The summed E-state index contributed by atoms with van der Waals surface area (Å²) in [6.45, 7) is 1.21. The topological polar surface area (TPSA) is 194 Å². The molecule has 1 heterocycles. The Kier molecular flexibility index (Phi) is 10.3. The number of nitrogens with one attached hydrogen (secondary N) is 2. The quantitative estimate of drug-likeness (QED) is 0.232. The third kappa shape index (κ3) is 7.27. The summed E-state index contributed by atoms with van der Waals surface area (Å²) in [5, 5.41) is 15.4. The molecule has 5 N–H and O–H groups in total. The number of hydrogen-bond donors (Lipinski definition) is 4. The summed E-state index contributed by atoms with van der Waals surface area (Å²) in [4.78, 5) is 51.8. The van der Waals surface area contributed by atoms with Gasteiger partial charge in [-0.2, -0.15) is 0 Å². The van der Waals surface area contributed by atoms with Crippen molar-refractivity contribution in [2.24, 2.45) is 11.7 Å². The number of methoxy groups -OCH3 is 2. The molecule has 4 rings (SSSR count). The molecule has 1 aliphatic heterocycles. The van der Waals surface area contributed by atoms with Gasteiger partial charge in [0.2, 0.25) is 11.8 Å². The molecule has 3 aromatic carbocycles. The van der Waals surface area contributed by atoms with Crippen LogP contribution in [-0.4, -0.2) is 68.8 Å². The molecule has 13 nitrogen and oxygen atoms in total. The first-order valence-electron chi connectivity index (χ1n) is 14.2. The average molecular weight is 675 g/mol. The number of primary amides is 1. The van der Waals surface area contributed by atoms with Crippen molar-refractivity contribution in [2.75, 3.05) is 37.2 Å². The third-order valence-corrected chi connectivity index (χ3v) is 9.58. The van der Waals surface area contributed by atoms with Gasteiger partial charge in [-0.05, 0) is 66.1 Å². The Labute approximate surface area is 268 Å². The number of carbonyl (C=O) groups is 4. The number of halogens is 2. The van der Waals surface area contributed by atoms with E-state index in [-0.39, 0.29) is 57.4 Å². The number of anilines is 2. The number of hydrogen-bond acceptors (Lipinski definition) is 9. The zero-order valence-corrected chi connectivity index (χ0v) is 26.3. The van der Waals surface area contributed by atoms with Crippen molar-refractivity contribution in [1.82, 2.24) is 4.90 Å². The van der Waals surface area contributed by atoms with Gasteiger partial charge in [0.15, 0.2) is 21.4 Å². The van der Waals surface area contributed by atoms with Crippen LogP contribution in [0.1, 0.15) is 46.9 Å². The number of nitrogens with zero attached hydrogens (tertiary/aromatic N) is 1. The number of nitrogens with two attached hydrogens (primary N) is 1. The van der Waals surface area contributed by atoms with Crippen LogP contribution in [0, 0.1) is 17.6 Å². The molecule has 0 saturated carbocycles. The maximum Gasteiger partial charge on any atom is 0.411 e. The average Bonchev–Trinajstić information content (AvgIpc) is 3.50. The molecule has 3 amide bonds. The number of carboxylic acids is 1. The molecule has 1 fully saturated rings. The molecule has 0 radical (unpaired) electrons. The number of aliphatic carboxylic acids is 1. The number of rotatable bonds is 11. The Hall–Kier alpha value is -5.25. The minimum atomic E-state index is -4.01. The maximum absolute atomic E-state index is 15.1. The van der Waals surface area contributed by atoms with Gasteiger partial charge in [-0.3, -0.25) is 19.7 Å². The van der Waals surface area contributed by atoms with Crippen LogP contribution in [0.15, 0.2) is 59.5 Å². The fourth-order valence-electron chi connectivity index (χ4n) is 5.40. The molecule has 3 atom stereocenters. The van der Waals surface area contributed by atoms with Crippen LogP contribution in [0.3, 0.4) is 0 Å². The lowest BCUT2D eigenvalue weighted by molar-refractivity contribution is -0.143. The second-order valence-electron chi connectivity index (χ2n) is 10.5. The Morgan fingerprint density at radius 3 is 2.36 bits per heavy atom. The number of amides is 3. The van der Waals surface area contributed by atoms with Crippen molar-refractivity contribution >= 4 is 45.1 Å². The SMILES string of the molecule is CCS(=O)(=O)c1ccc(NC(=O)OC)cc1[C@H]1[C@H](C(=O)O)CCN1C(=O)C(Nc1cc(C(N)=O)ccc1F)c1ccc(F)c(OC)c1. The van der Waals surface area contributed by atoms with Crippen molar-refractivity contribution < 1.29 is 51.0 Å². The lowest BCUT2D eigenvalue weighted by Gasteiger charge is -2.33. The van der Waals surface area contributed by atoms with Gasteiger partial charge in [0.05, 0.1) is 42.5 Å². The van der Waals surface area contributed by atoms with Gasteiger partial charge in [-0.1, -0.05) is 13.0 Å². The van der Waals surface area contributed by atoms with E-state index in [0.717, 1.165) is 36.3 Å². The van der Waals surface area contributed by atoms with Crippen molar-refractivity contribution in [3.05, 3.63) is 82.9 Å². The normalized spacial score (nSPS) is 16.7. The highest BCUT2D eigenvalue weighted by molar-refractivity contribution is 7.91. The largest absolute Gasteiger partial charge is 0.494 e. The number of sulfone groups is 1. The molecule has 0 aromatic heterocycles. The molecule has 0 aliphatic carbocycles. The van der Waals surface area contributed by atoms with Crippen molar-refractivity contribution in [2.45, 2.75) is 30.3 Å². The van der Waals surface area contributed by atoms with Crippen LogP contribution in [0.25, 0.3) is 0 Å². The fraction of sp³-hybridized carbons (Fsp3) is 0.290. The number of carbonyl (C=O) groups excluding carboxylic acids is 3. The van der Waals surface area contributed by atoms with Gasteiger partial charge in [0, 0.05) is 17.8 Å². The summed E-state index contributed by atoms with van der Waals surface area (Å²) >= 11 is 0. The summed E-state index contributed by atoms with van der Waals surface area (Å²) in [5.74, 6) is -6.62.